The number of carbonyl (C=O) groups excluding carboxylic acids is 2. The van der Waals surface area contributed by atoms with E-state index in [4.69, 9.17) is 0 Å². The van der Waals surface area contributed by atoms with Crippen molar-refractivity contribution in [3.8, 4) is 0 Å². The first kappa shape index (κ1) is 17.2. The van der Waals surface area contributed by atoms with Gasteiger partial charge in [-0.15, -0.1) is 6.58 Å². The number of carbonyl (C=O) groups is 2. The second-order valence-electron chi connectivity index (χ2n) is 7.77. The molecule has 3 aliphatic rings. The molecule has 1 aliphatic carbocycles. The Morgan fingerprint density at radius 2 is 2.27 bits per heavy atom. The van der Waals surface area contributed by atoms with Crippen molar-refractivity contribution in [2.45, 2.75) is 19.4 Å². The van der Waals surface area contributed by atoms with Crippen LogP contribution in [0, 0.1) is 17.3 Å². The van der Waals surface area contributed by atoms with Gasteiger partial charge in [0.2, 0.25) is 11.8 Å². The van der Waals surface area contributed by atoms with E-state index in [-0.39, 0.29) is 23.7 Å². The van der Waals surface area contributed by atoms with E-state index >= 15 is 0 Å². The highest BCUT2D eigenvalue weighted by molar-refractivity contribution is 5.87. The molecule has 0 radical (unpaired) electrons. The highest BCUT2D eigenvalue weighted by atomic mass is 16.2. The first-order valence-corrected chi connectivity index (χ1v) is 9.44. The maximum atomic E-state index is 13.6. The lowest BCUT2D eigenvalue weighted by Gasteiger charge is -2.33. The number of amides is 2. The molecule has 2 amide bonds. The van der Waals surface area contributed by atoms with Gasteiger partial charge >= 0.3 is 0 Å². The highest BCUT2D eigenvalue weighted by Gasteiger charge is 2.57. The molecule has 26 heavy (non-hydrogen) atoms. The fourth-order valence-electron chi connectivity index (χ4n) is 4.36. The molecule has 3 fully saturated rings. The Labute approximate surface area is 154 Å². The number of fused-ring (bicyclic) bond motifs is 1. The summed E-state index contributed by atoms with van der Waals surface area (Å²) in [5.74, 6) is 0.746. The lowest BCUT2D eigenvalue weighted by Crippen LogP contribution is -2.49. The summed E-state index contributed by atoms with van der Waals surface area (Å²) >= 11 is 0. The van der Waals surface area contributed by atoms with E-state index < -0.39 is 5.41 Å². The number of nitrogens with zero attached hydrogens (tertiary/aromatic N) is 3. The van der Waals surface area contributed by atoms with E-state index in [0.717, 1.165) is 25.1 Å². The van der Waals surface area contributed by atoms with Gasteiger partial charge in [-0.3, -0.25) is 14.6 Å². The van der Waals surface area contributed by atoms with Crippen molar-refractivity contribution in [3.05, 3.63) is 42.7 Å². The molecule has 2 saturated heterocycles. The molecular weight excluding hydrogens is 328 g/mol. The largest absolute Gasteiger partial charge is 0.341 e. The minimum atomic E-state index is -0.512. The molecule has 3 heterocycles. The van der Waals surface area contributed by atoms with Crippen molar-refractivity contribution < 1.29 is 9.59 Å². The number of pyridine rings is 1. The van der Waals surface area contributed by atoms with E-state index in [1.807, 2.05) is 28.0 Å². The SMILES string of the molecule is C=CCN(Cc1ccccn1)C(=O)[C@@]12CNC[C@@H]1CN(C(=O)C1CC1)C2. The number of hydrogen-bond acceptors (Lipinski definition) is 4. The molecule has 0 unspecified atom stereocenters. The third-order valence-electron chi connectivity index (χ3n) is 5.91. The van der Waals surface area contributed by atoms with E-state index in [1.54, 1.807) is 12.3 Å². The number of aromatic nitrogens is 1. The average Bonchev–Trinajstić information content (AvgIpc) is 3.32. The summed E-state index contributed by atoms with van der Waals surface area (Å²) in [4.78, 5) is 34.2. The first-order chi connectivity index (χ1) is 12.6. The maximum absolute atomic E-state index is 13.6. The predicted octanol–water partition coefficient (Wildman–Crippen LogP) is 1.05. The second-order valence-corrected chi connectivity index (χ2v) is 7.77. The van der Waals surface area contributed by atoms with Crippen LogP contribution in [0.3, 0.4) is 0 Å². The molecule has 6 nitrogen and oxygen atoms in total. The van der Waals surface area contributed by atoms with Crippen LogP contribution in [0.2, 0.25) is 0 Å². The number of nitrogens with one attached hydrogen (secondary N) is 1. The smallest absolute Gasteiger partial charge is 0.232 e. The Bertz CT molecular complexity index is 703. The van der Waals surface area contributed by atoms with Gasteiger partial charge in [-0.05, 0) is 25.0 Å². The molecule has 0 aromatic carbocycles. The Kier molecular flexibility index (Phi) is 4.53. The Hall–Kier alpha value is -2.21. The van der Waals surface area contributed by atoms with Crippen molar-refractivity contribution in [1.29, 1.82) is 0 Å². The predicted molar refractivity (Wildman–Crippen MR) is 97.9 cm³/mol. The Morgan fingerprint density at radius 1 is 1.42 bits per heavy atom. The molecule has 2 aliphatic heterocycles. The van der Waals surface area contributed by atoms with Crippen LogP contribution in [0.25, 0.3) is 0 Å². The van der Waals surface area contributed by atoms with Gasteiger partial charge in [-0.2, -0.15) is 0 Å². The molecule has 4 rings (SSSR count). The number of rotatable bonds is 6. The van der Waals surface area contributed by atoms with Crippen LogP contribution >= 0.6 is 0 Å². The maximum Gasteiger partial charge on any atom is 0.232 e. The molecule has 138 valence electrons. The zero-order chi connectivity index (χ0) is 18.1. The molecule has 0 spiro atoms. The summed E-state index contributed by atoms with van der Waals surface area (Å²) in [6.45, 7) is 7.44. The lowest BCUT2D eigenvalue weighted by atomic mass is 9.79. The van der Waals surface area contributed by atoms with Gasteiger partial charge in [-0.25, -0.2) is 0 Å². The monoisotopic (exact) mass is 354 g/mol. The summed E-state index contributed by atoms with van der Waals surface area (Å²) in [5, 5.41) is 3.38. The summed E-state index contributed by atoms with van der Waals surface area (Å²) in [6, 6.07) is 5.74. The van der Waals surface area contributed by atoms with Crippen molar-refractivity contribution in [2.24, 2.45) is 17.3 Å². The number of likely N-dealkylation sites (tertiary alicyclic amines) is 1. The molecule has 6 heteroatoms. The Morgan fingerprint density at radius 3 is 2.96 bits per heavy atom. The summed E-state index contributed by atoms with van der Waals surface area (Å²) in [6.07, 6.45) is 5.51. The van der Waals surface area contributed by atoms with Crippen LogP contribution in [0.1, 0.15) is 18.5 Å². The average molecular weight is 354 g/mol. The molecule has 1 aromatic heterocycles. The molecule has 1 saturated carbocycles. The summed E-state index contributed by atoms with van der Waals surface area (Å²) in [7, 11) is 0. The van der Waals surface area contributed by atoms with Gasteiger partial charge in [0.25, 0.3) is 0 Å². The van der Waals surface area contributed by atoms with Gasteiger partial charge in [0.05, 0.1) is 17.7 Å². The van der Waals surface area contributed by atoms with Crippen LogP contribution in [0.15, 0.2) is 37.1 Å². The van der Waals surface area contributed by atoms with Gasteiger partial charge in [-0.1, -0.05) is 12.1 Å². The van der Waals surface area contributed by atoms with E-state index in [9.17, 15) is 9.59 Å². The van der Waals surface area contributed by atoms with Crippen LogP contribution in [-0.4, -0.2) is 59.3 Å². The van der Waals surface area contributed by atoms with E-state index in [0.29, 0.717) is 32.7 Å². The minimum absolute atomic E-state index is 0.115. The Balaban J connectivity index is 1.55. The molecule has 2 atom stereocenters. The fraction of sp³-hybridized carbons (Fsp3) is 0.550. The van der Waals surface area contributed by atoms with E-state index in [1.165, 1.54) is 0 Å². The van der Waals surface area contributed by atoms with Crippen molar-refractivity contribution in [3.63, 3.8) is 0 Å². The van der Waals surface area contributed by atoms with Gasteiger partial charge in [0, 0.05) is 50.8 Å². The van der Waals surface area contributed by atoms with Crippen LogP contribution in [-0.2, 0) is 16.1 Å². The molecular formula is C20H26N4O2. The summed E-state index contributed by atoms with van der Waals surface area (Å²) in [5.41, 5.74) is 0.355. The summed E-state index contributed by atoms with van der Waals surface area (Å²) < 4.78 is 0. The molecule has 1 aromatic rings. The number of hydrogen-bond donors (Lipinski definition) is 1. The van der Waals surface area contributed by atoms with Crippen LogP contribution < -0.4 is 5.32 Å². The third-order valence-corrected chi connectivity index (χ3v) is 5.91. The molecule has 1 N–H and O–H groups in total. The van der Waals surface area contributed by atoms with Crippen molar-refractivity contribution in [1.82, 2.24) is 20.1 Å². The van der Waals surface area contributed by atoms with Gasteiger partial charge in [0.1, 0.15) is 0 Å². The normalized spacial score (nSPS) is 27.2. The van der Waals surface area contributed by atoms with Crippen LogP contribution in [0.4, 0.5) is 0 Å². The quantitative estimate of drug-likeness (QED) is 0.776. The standard InChI is InChI=1S/C20H26N4O2/c1-2-9-23(12-17-5-3-4-8-22-17)19(26)20-13-21-10-16(20)11-24(14-20)18(25)15-6-7-15/h2-5,8,15-16,21H,1,6-7,9-14H2/t16-,20-/m1/s1. The van der Waals surface area contributed by atoms with Crippen molar-refractivity contribution >= 4 is 11.8 Å². The zero-order valence-corrected chi connectivity index (χ0v) is 15.1. The van der Waals surface area contributed by atoms with E-state index in [2.05, 4.69) is 16.9 Å². The van der Waals surface area contributed by atoms with Crippen molar-refractivity contribution in [2.75, 3.05) is 32.7 Å². The first-order valence-electron chi connectivity index (χ1n) is 9.44. The lowest BCUT2D eigenvalue weighted by molar-refractivity contribution is -0.142. The molecule has 0 bridgehead atoms. The highest BCUT2D eigenvalue weighted by Crippen LogP contribution is 2.43. The van der Waals surface area contributed by atoms with Gasteiger partial charge in [0.15, 0.2) is 0 Å². The topological polar surface area (TPSA) is 65.5 Å². The minimum Gasteiger partial charge on any atom is -0.341 e. The van der Waals surface area contributed by atoms with Crippen LogP contribution in [0.5, 0.6) is 0 Å². The second kappa shape index (κ2) is 6.83. The zero-order valence-electron chi connectivity index (χ0n) is 15.1. The third kappa shape index (κ3) is 3.03. The fourth-order valence-corrected chi connectivity index (χ4v) is 4.36. The van der Waals surface area contributed by atoms with Gasteiger partial charge < -0.3 is 15.1 Å².